The predicted octanol–water partition coefficient (Wildman–Crippen LogP) is 1.71. The fourth-order valence-corrected chi connectivity index (χ4v) is 1.50. The van der Waals surface area contributed by atoms with Gasteiger partial charge in [-0.2, -0.15) is 10.2 Å². The fraction of sp³-hybridized carbons (Fsp3) is 0.167. The maximum absolute atomic E-state index is 13.7. The van der Waals surface area contributed by atoms with Crippen molar-refractivity contribution < 1.29 is 14.2 Å². The van der Waals surface area contributed by atoms with Crippen molar-refractivity contribution in [3.63, 3.8) is 0 Å². The van der Waals surface area contributed by atoms with Gasteiger partial charge in [-0.3, -0.25) is 0 Å². The number of hydrogen-bond acceptors (Lipinski definition) is 4. The van der Waals surface area contributed by atoms with Crippen LogP contribution in [0.1, 0.15) is 17.2 Å². The minimum absolute atomic E-state index is 0.179. The van der Waals surface area contributed by atoms with Crippen LogP contribution in [0.25, 0.3) is 0 Å². The summed E-state index contributed by atoms with van der Waals surface area (Å²) in [7, 11) is 1.46. The van der Waals surface area contributed by atoms with Crippen LogP contribution in [0, 0.1) is 5.82 Å². The lowest BCUT2D eigenvalue weighted by Crippen LogP contribution is -2.03. The molecular formula is C12H11FN2O2. The van der Waals surface area contributed by atoms with Gasteiger partial charge in [0.25, 0.3) is 0 Å². The third kappa shape index (κ3) is 2.39. The molecule has 1 aromatic heterocycles. The highest BCUT2D eigenvalue weighted by atomic mass is 19.1. The van der Waals surface area contributed by atoms with Crippen LogP contribution in [0.2, 0.25) is 0 Å². The molecule has 0 bridgehead atoms. The van der Waals surface area contributed by atoms with E-state index in [0.717, 1.165) is 0 Å². The zero-order valence-electron chi connectivity index (χ0n) is 9.17. The number of rotatable bonds is 3. The van der Waals surface area contributed by atoms with E-state index in [1.807, 2.05) is 0 Å². The summed E-state index contributed by atoms with van der Waals surface area (Å²) >= 11 is 0. The van der Waals surface area contributed by atoms with E-state index < -0.39 is 11.9 Å². The number of methoxy groups -OCH3 is 1. The van der Waals surface area contributed by atoms with Crippen molar-refractivity contribution in [2.75, 3.05) is 7.11 Å². The number of aliphatic hydroxyl groups excluding tert-OH is 1. The zero-order chi connectivity index (χ0) is 12.3. The minimum atomic E-state index is -1.06. The maximum Gasteiger partial charge on any atom is 0.133 e. The molecule has 2 rings (SSSR count). The first-order chi connectivity index (χ1) is 8.22. The van der Waals surface area contributed by atoms with Gasteiger partial charge in [0.2, 0.25) is 0 Å². The Kier molecular flexibility index (Phi) is 3.30. The standard InChI is InChI=1S/C12H11FN2O2/c1-17-9-2-3-10(11(13)6-9)12(16)8-4-5-14-15-7-8/h2-7,12,16H,1H3. The quantitative estimate of drug-likeness (QED) is 0.878. The normalized spacial score (nSPS) is 12.2. The number of benzene rings is 1. The largest absolute Gasteiger partial charge is 0.497 e. The van der Waals surface area contributed by atoms with Gasteiger partial charge in [0, 0.05) is 23.4 Å². The SMILES string of the molecule is COc1ccc(C(O)c2ccnnc2)c(F)c1. The number of hydrogen-bond donors (Lipinski definition) is 1. The van der Waals surface area contributed by atoms with Crippen molar-refractivity contribution in [3.8, 4) is 5.75 Å². The molecule has 0 amide bonds. The number of aromatic nitrogens is 2. The molecule has 1 N–H and O–H groups in total. The Morgan fingerprint density at radius 3 is 2.71 bits per heavy atom. The average Bonchev–Trinajstić information content (AvgIpc) is 2.39. The Labute approximate surface area is 97.7 Å². The van der Waals surface area contributed by atoms with Crippen LogP contribution in [0.5, 0.6) is 5.75 Å². The number of ether oxygens (including phenoxy) is 1. The van der Waals surface area contributed by atoms with Crippen LogP contribution in [0.15, 0.2) is 36.7 Å². The molecule has 17 heavy (non-hydrogen) atoms. The molecule has 0 aliphatic rings. The summed E-state index contributed by atoms with van der Waals surface area (Å²) in [6, 6.07) is 5.89. The summed E-state index contributed by atoms with van der Waals surface area (Å²) in [5.41, 5.74) is 0.669. The molecule has 1 atom stereocenters. The molecule has 1 unspecified atom stereocenters. The number of nitrogens with zero attached hydrogens (tertiary/aromatic N) is 2. The van der Waals surface area contributed by atoms with Crippen LogP contribution >= 0.6 is 0 Å². The second kappa shape index (κ2) is 4.88. The van der Waals surface area contributed by atoms with Gasteiger partial charge in [-0.1, -0.05) is 0 Å². The van der Waals surface area contributed by atoms with Crippen LogP contribution in [-0.4, -0.2) is 22.4 Å². The first kappa shape index (κ1) is 11.5. The molecule has 2 aromatic rings. The summed E-state index contributed by atoms with van der Waals surface area (Å²) in [6.07, 6.45) is 1.78. The summed E-state index contributed by atoms with van der Waals surface area (Å²) in [5, 5.41) is 17.2. The van der Waals surface area contributed by atoms with Gasteiger partial charge in [-0.05, 0) is 18.2 Å². The summed E-state index contributed by atoms with van der Waals surface area (Å²) in [6.45, 7) is 0. The lowest BCUT2D eigenvalue weighted by atomic mass is 10.0. The van der Waals surface area contributed by atoms with Gasteiger partial charge in [-0.25, -0.2) is 4.39 Å². The molecule has 0 spiro atoms. The van der Waals surface area contributed by atoms with E-state index in [-0.39, 0.29) is 5.56 Å². The monoisotopic (exact) mass is 234 g/mol. The zero-order valence-corrected chi connectivity index (χ0v) is 9.17. The van der Waals surface area contributed by atoms with E-state index in [1.165, 1.54) is 31.6 Å². The van der Waals surface area contributed by atoms with E-state index in [1.54, 1.807) is 12.1 Å². The lowest BCUT2D eigenvalue weighted by molar-refractivity contribution is 0.214. The van der Waals surface area contributed by atoms with Gasteiger partial charge >= 0.3 is 0 Å². The minimum Gasteiger partial charge on any atom is -0.497 e. The number of aliphatic hydroxyl groups is 1. The average molecular weight is 234 g/mol. The summed E-state index contributed by atoms with van der Waals surface area (Å²) in [4.78, 5) is 0. The van der Waals surface area contributed by atoms with E-state index in [0.29, 0.717) is 11.3 Å². The topological polar surface area (TPSA) is 55.2 Å². The Morgan fingerprint density at radius 1 is 1.29 bits per heavy atom. The Morgan fingerprint density at radius 2 is 2.12 bits per heavy atom. The fourth-order valence-electron chi connectivity index (χ4n) is 1.50. The van der Waals surface area contributed by atoms with Gasteiger partial charge in [0.1, 0.15) is 17.7 Å². The molecule has 88 valence electrons. The van der Waals surface area contributed by atoms with E-state index >= 15 is 0 Å². The molecule has 0 saturated carbocycles. The van der Waals surface area contributed by atoms with Crippen molar-refractivity contribution in [2.24, 2.45) is 0 Å². The second-order valence-corrected chi connectivity index (χ2v) is 3.47. The van der Waals surface area contributed by atoms with E-state index in [9.17, 15) is 9.50 Å². The lowest BCUT2D eigenvalue weighted by Gasteiger charge is -2.12. The highest BCUT2D eigenvalue weighted by Gasteiger charge is 2.15. The third-order valence-electron chi connectivity index (χ3n) is 2.43. The number of halogens is 1. The molecule has 0 aliphatic carbocycles. The molecule has 1 aromatic carbocycles. The van der Waals surface area contributed by atoms with E-state index in [2.05, 4.69) is 10.2 Å². The molecule has 0 radical (unpaired) electrons. The summed E-state index contributed by atoms with van der Waals surface area (Å²) < 4.78 is 18.6. The van der Waals surface area contributed by atoms with Crippen LogP contribution in [0.4, 0.5) is 4.39 Å². The molecule has 0 aliphatic heterocycles. The highest BCUT2D eigenvalue weighted by molar-refractivity contribution is 5.34. The molecule has 5 heteroatoms. The van der Waals surface area contributed by atoms with Gasteiger partial charge < -0.3 is 9.84 Å². The van der Waals surface area contributed by atoms with Crippen molar-refractivity contribution in [2.45, 2.75) is 6.10 Å². The molecule has 1 heterocycles. The smallest absolute Gasteiger partial charge is 0.133 e. The summed E-state index contributed by atoms with van der Waals surface area (Å²) in [5.74, 6) is -0.111. The first-order valence-corrected chi connectivity index (χ1v) is 5.00. The Hall–Kier alpha value is -2.01. The maximum atomic E-state index is 13.7. The van der Waals surface area contributed by atoms with Crippen molar-refractivity contribution in [1.82, 2.24) is 10.2 Å². The van der Waals surface area contributed by atoms with Gasteiger partial charge in [0.15, 0.2) is 0 Å². The third-order valence-corrected chi connectivity index (χ3v) is 2.43. The first-order valence-electron chi connectivity index (χ1n) is 5.00. The van der Waals surface area contributed by atoms with Crippen molar-refractivity contribution in [3.05, 3.63) is 53.6 Å². The van der Waals surface area contributed by atoms with Gasteiger partial charge in [0.05, 0.1) is 13.3 Å². The van der Waals surface area contributed by atoms with Crippen molar-refractivity contribution in [1.29, 1.82) is 0 Å². The highest BCUT2D eigenvalue weighted by Crippen LogP contribution is 2.26. The van der Waals surface area contributed by atoms with Gasteiger partial charge in [-0.15, -0.1) is 0 Å². The second-order valence-electron chi connectivity index (χ2n) is 3.47. The Bertz CT molecular complexity index is 505. The van der Waals surface area contributed by atoms with Crippen molar-refractivity contribution >= 4 is 0 Å². The predicted molar refractivity (Wildman–Crippen MR) is 59.0 cm³/mol. The molecule has 4 nitrogen and oxygen atoms in total. The van der Waals surface area contributed by atoms with Crippen LogP contribution < -0.4 is 4.74 Å². The van der Waals surface area contributed by atoms with E-state index in [4.69, 9.17) is 4.74 Å². The van der Waals surface area contributed by atoms with Crippen LogP contribution in [-0.2, 0) is 0 Å². The Balaban J connectivity index is 2.34. The molecule has 0 saturated heterocycles. The van der Waals surface area contributed by atoms with Crippen LogP contribution in [0.3, 0.4) is 0 Å². The molecule has 0 fully saturated rings. The molecular weight excluding hydrogens is 223 g/mol.